The van der Waals surface area contributed by atoms with Gasteiger partial charge in [0.1, 0.15) is 5.37 Å². The molecule has 5 nitrogen and oxygen atoms in total. The van der Waals surface area contributed by atoms with Crippen LogP contribution in [0.15, 0.2) is 0 Å². The van der Waals surface area contributed by atoms with Crippen molar-refractivity contribution < 1.29 is 13.8 Å². The number of rotatable bonds is 3. The maximum atomic E-state index is 11.3. The molecule has 0 aromatic rings. The number of nitrogens with zero attached hydrogens (tertiary/aromatic N) is 1. The van der Waals surface area contributed by atoms with Crippen molar-refractivity contribution in [2.45, 2.75) is 25.6 Å². The van der Waals surface area contributed by atoms with E-state index >= 15 is 0 Å². The zero-order valence-electron chi connectivity index (χ0n) is 7.57. The topological polar surface area (TPSA) is 66.5 Å². The van der Waals surface area contributed by atoms with Crippen LogP contribution in [-0.2, 0) is 20.4 Å². The van der Waals surface area contributed by atoms with E-state index in [0.29, 0.717) is 5.75 Å². The molecule has 6 heteroatoms. The third-order valence-electron chi connectivity index (χ3n) is 1.77. The predicted molar refractivity (Wildman–Crippen MR) is 47.8 cm³/mol. The van der Waals surface area contributed by atoms with E-state index in [1.54, 1.807) is 6.92 Å². The van der Waals surface area contributed by atoms with Gasteiger partial charge in [-0.15, -0.1) is 0 Å². The minimum atomic E-state index is -1.06. The van der Waals surface area contributed by atoms with Crippen LogP contribution in [0, 0.1) is 0 Å². The quantitative estimate of drug-likeness (QED) is 0.622. The Balaban J connectivity index is 2.56. The first-order valence-electron chi connectivity index (χ1n) is 4.02. The minimum absolute atomic E-state index is 0.179. The molecule has 74 valence electrons. The van der Waals surface area contributed by atoms with Gasteiger partial charge in [-0.2, -0.15) is 0 Å². The average Bonchev–Trinajstić information content (AvgIpc) is 2.09. The van der Waals surface area contributed by atoms with Crippen molar-refractivity contribution >= 4 is 22.6 Å². The molecular formula is C7H12N2O3S. The number of amides is 2. The molecule has 0 aromatic heterocycles. The van der Waals surface area contributed by atoms with Gasteiger partial charge in [-0.25, -0.2) is 5.01 Å². The summed E-state index contributed by atoms with van der Waals surface area (Å²) in [4.78, 5) is 21.6. The highest BCUT2D eigenvalue weighted by Gasteiger charge is 2.40. The van der Waals surface area contributed by atoms with Crippen LogP contribution in [0.1, 0.15) is 20.3 Å². The summed E-state index contributed by atoms with van der Waals surface area (Å²) in [5, 5.41) is 0.823. The molecular weight excluding hydrogens is 192 g/mol. The number of carbonyl (C=O) groups excluding carboxylic acids is 2. The maximum Gasteiger partial charge on any atom is 0.245 e. The summed E-state index contributed by atoms with van der Waals surface area (Å²) in [5.74, 6) is 0.00163. The fourth-order valence-electron chi connectivity index (χ4n) is 1.09. The van der Waals surface area contributed by atoms with Crippen molar-refractivity contribution in [1.82, 2.24) is 10.4 Å². The summed E-state index contributed by atoms with van der Waals surface area (Å²) in [5.41, 5.74) is 2.35. The van der Waals surface area contributed by atoms with Gasteiger partial charge >= 0.3 is 0 Å². The molecule has 0 saturated carbocycles. The highest BCUT2D eigenvalue weighted by molar-refractivity contribution is 7.85. The minimum Gasteiger partial charge on any atom is -0.274 e. The molecule has 1 aliphatic heterocycles. The van der Waals surface area contributed by atoms with E-state index in [2.05, 4.69) is 5.43 Å². The fraction of sp³-hybridized carbons (Fsp3) is 0.714. The predicted octanol–water partition coefficient (Wildman–Crippen LogP) is -0.635. The van der Waals surface area contributed by atoms with Gasteiger partial charge in [-0.1, -0.05) is 6.92 Å². The standard InChI is InChI=1S/C7H12N2O3S/c1-3-13(12)7-4-6(11)9(7)8-5(2)10/h7H,3-4H2,1-2H3,(H,8,10)/t7-,13?/m0/s1. The van der Waals surface area contributed by atoms with Gasteiger partial charge in [0.05, 0.1) is 6.42 Å². The molecule has 1 saturated heterocycles. The van der Waals surface area contributed by atoms with E-state index in [4.69, 9.17) is 0 Å². The van der Waals surface area contributed by atoms with Crippen molar-refractivity contribution in [2.24, 2.45) is 0 Å². The van der Waals surface area contributed by atoms with E-state index in [1.165, 1.54) is 6.92 Å². The number of nitrogens with one attached hydrogen (secondary N) is 1. The molecule has 1 fully saturated rings. The second-order valence-electron chi connectivity index (χ2n) is 2.76. The van der Waals surface area contributed by atoms with Crippen molar-refractivity contribution in [3.63, 3.8) is 0 Å². The Morgan fingerprint density at radius 3 is 2.77 bits per heavy atom. The van der Waals surface area contributed by atoms with Crippen molar-refractivity contribution in [1.29, 1.82) is 0 Å². The summed E-state index contributed by atoms with van der Waals surface area (Å²) in [6, 6.07) is 0. The van der Waals surface area contributed by atoms with Gasteiger partial charge in [0.2, 0.25) is 11.8 Å². The number of carbonyl (C=O) groups is 2. The molecule has 0 aliphatic carbocycles. The molecule has 0 spiro atoms. The molecule has 0 bridgehead atoms. The first-order chi connectivity index (χ1) is 6.06. The molecule has 1 rings (SSSR count). The lowest BCUT2D eigenvalue weighted by atomic mass is 10.2. The van der Waals surface area contributed by atoms with Crippen LogP contribution in [0.3, 0.4) is 0 Å². The zero-order valence-corrected chi connectivity index (χ0v) is 8.39. The number of β-lactam (4-membered cyclic amide) rings is 1. The van der Waals surface area contributed by atoms with E-state index in [0.717, 1.165) is 5.01 Å². The SMILES string of the molecule is CCS(=O)[C@H]1CC(=O)N1NC(C)=O. The van der Waals surface area contributed by atoms with E-state index in [9.17, 15) is 13.8 Å². The van der Waals surface area contributed by atoms with Crippen LogP contribution in [0.5, 0.6) is 0 Å². The number of hydrazine groups is 1. The molecule has 1 N–H and O–H groups in total. The maximum absolute atomic E-state index is 11.3. The van der Waals surface area contributed by atoms with Crippen molar-refractivity contribution in [3.8, 4) is 0 Å². The molecule has 0 radical (unpaired) electrons. The monoisotopic (exact) mass is 204 g/mol. The van der Waals surface area contributed by atoms with Crippen LogP contribution in [-0.4, -0.2) is 32.2 Å². The summed E-state index contributed by atoms with van der Waals surface area (Å²) in [6.45, 7) is 3.10. The Morgan fingerprint density at radius 1 is 1.77 bits per heavy atom. The Labute approximate surface area is 78.9 Å². The highest BCUT2D eigenvalue weighted by Crippen LogP contribution is 2.19. The normalized spacial score (nSPS) is 23.7. The Bertz CT molecular complexity index is 266. The second kappa shape index (κ2) is 3.87. The summed E-state index contributed by atoms with van der Waals surface area (Å²) >= 11 is 0. The van der Waals surface area contributed by atoms with Gasteiger partial charge in [0.25, 0.3) is 0 Å². The molecule has 2 amide bonds. The Morgan fingerprint density at radius 2 is 2.38 bits per heavy atom. The lowest BCUT2D eigenvalue weighted by Crippen LogP contribution is -2.62. The van der Waals surface area contributed by atoms with Gasteiger partial charge in [-0.05, 0) is 0 Å². The zero-order chi connectivity index (χ0) is 10.0. The highest BCUT2D eigenvalue weighted by atomic mass is 32.2. The van der Waals surface area contributed by atoms with Gasteiger partial charge in [0.15, 0.2) is 0 Å². The van der Waals surface area contributed by atoms with Crippen LogP contribution in [0.4, 0.5) is 0 Å². The van der Waals surface area contributed by atoms with Crippen molar-refractivity contribution in [2.75, 3.05) is 5.75 Å². The van der Waals surface area contributed by atoms with Crippen LogP contribution in [0.2, 0.25) is 0 Å². The van der Waals surface area contributed by atoms with Gasteiger partial charge in [-0.3, -0.25) is 19.2 Å². The molecule has 0 aromatic carbocycles. The number of hydrogen-bond acceptors (Lipinski definition) is 3. The third kappa shape index (κ3) is 2.06. The van der Waals surface area contributed by atoms with E-state index in [1.807, 2.05) is 0 Å². The Hall–Kier alpha value is -0.910. The fourth-order valence-corrected chi connectivity index (χ4v) is 2.21. The lowest BCUT2D eigenvalue weighted by Gasteiger charge is -2.38. The van der Waals surface area contributed by atoms with Crippen LogP contribution < -0.4 is 5.43 Å². The third-order valence-corrected chi connectivity index (χ3v) is 3.33. The summed E-state index contributed by atoms with van der Waals surface area (Å²) < 4.78 is 11.3. The summed E-state index contributed by atoms with van der Waals surface area (Å²) in [7, 11) is -1.06. The molecule has 1 unspecified atom stereocenters. The second-order valence-corrected chi connectivity index (χ2v) is 4.64. The molecule has 1 heterocycles. The molecule has 13 heavy (non-hydrogen) atoms. The first kappa shape index (κ1) is 10.2. The number of hydrogen-bond donors (Lipinski definition) is 1. The van der Waals surface area contributed by atoms with Gasteiger partial charge < -0.3 is 0 Å². The Kier molecular flexibility index (Phi) is 3.02. The molecule has 1 aliphatic rings. The summed E-state index contributed by atoms with van der Waals surface area (Å²) in [6.07, 6.45) is 0.265. The largest absolute Gasteiger partial charge is 0.274 e. The average molecular weight is 204 g/mol. The molecule has 2 atom stereocenters. The van der Waals surface area contributed by atoms with E-state index in [-0.39, 0.29) is 23.6 Å². The van der Waals surface area contributed by atoms with Gasteiger partial charge in [0, 0.05) is 23.5 Å². The van der Waals surface area contributed by atoms with Crippen LogP contribution >= 0.6 is 0 Å². The first-order valence-corrected chi connectivity index (χ1v) is 5.41. The lowest BCUT2D eigenvalue weighted by molar-refractivity contribution is -0.151. The smallest absolute Gasteiger partial charge is 0.245 e. The van der Waals surface area contributed by atoms with Crippen LogP contribution in [0.25, 0.3) is 0 Å². The van der Waals surface area contributed by atoms with E-state index < -0.39 is 10.8 Å². The van der Waals surface area contributed by atoms with Crippen molar-refractivity contribution in [3.05, 3.63) is 0 Å².